The molecule has 0 aliphatic heterocycles. The van der Waals surface area contributed by atoms with Gasteiger partial charge in [-0.25, -0.2) is 19.7 Å². The molecule has 0 amide bonds. The van der Waals surface area contributed by atoms with E-state index in [1.54, 1.807) is 31.0 Å². The molecule has 8 heteroatoms. The molecule has 25 heavy (non-hydrogen) atoms. The molecule has 0 spiro atoms. The van der Waals surface area contributed by atoms with Gasteiger partial charge in [-0.2, -0.15) is 0 Å². The first-order chi connectivity index (χ1) is 12.2. The van der Waals surface area contributed by atoms with Crippen molar-refractivity contribution < 1.29 is 4.74 Å². The van der Waals surface area contributed by atoms with Crippen molar-refractivity contribution in [2.45, 2.75) is 31.7 Å². The van der Waals surface area contributed by atoms with Gasteiger partial charge in [0.2, 0.25) is 5.88 Å². The molecule has 0 aromatic carbocycles. The molecule has 1 aliphatic rings. The summed E-state index contributed by atoms with van der Waals surface area (Å²) in [5, 5.41) is 3.15. The maximum Gasteiger partial charge on any atom is 0.329 e. The van der Waals surface area contributed by atoms with Gasteiger partial charge in [-0.3, -0.25) is 9.13 Å². The summed E-state index contributed by atoms with van der Waals surface area (Å²) in [4.78, 5) is 25.2. The second-order valence-electron chi connectivity index (χ2n) is 6.28. The summed E-state index contributed by atoms with van der Waals surface area (Å²) >= 11 is 0. The van der Waals surface area contributed by atoms with E-state index in [4.69, 9.17) is 4.74 Å². The fourth-order valence-corrected chi connectivity index (χ4v) is 3.49. The van der Waals surface area contributed by atoms with E-state index >= 15 is 0 Å². The lowest BCUT2D eigenvalue weighted by molar-refractivity contribution is 0.397. The maximum atomic E-state index is 12.7. The second-order valence-corrected chi connectivity index (χ2v) is 6.28. The first-order valence-electron chi connectivity index (χ1n) is 8.37. The van der Waals surface area contributed by atoms with Crippen molar-refractivity contribution in [1.29, 1.82) is 0 Å². The molecule has 1 fully saturated rings. The number of rotatable bonds is 4. The van der Waals surface area contributed by atoms with Crippen LogP contribution in [0, 0.1) is 0 Å². The van der Waals surface area contributed by atoms with E-state index in [0.29, 0.717) is 17.5 Å². The predicted molar refractivity (Wildman–Crippen MR) is 94.3 cm³/mol. The van der Waals surface area contributed by atoms with E-state index < -0.39 is 0 Å². The van der Waals surface area contributed by atoms with Gasteiger partial charge in [-0.05, 0) is 12.8 Å². The quantitative estimate of drug-likeness (QED) is 0.785. The van der Waals surface area contributed by atoms with Gasteiger partial charge in [-0.1, -0.05) is 12.8 Å². The van der Waals surface area contributed by atoms with Crippen molar-refractivity contribution in [3.05, 3.63) is 35.1 Å². The Balaban J connectivity index is 1.76. The molecular weight excluding hydrogens is 320 g/mol. The number of nitrogens with one attached hydrogen (secondary N) is 1. The molecule has 130 valence electrons. The van der Waals surface area contributed by atoms with Gasteiger partial charge in [0, 0.05) is 25.2 Å². The Morgan fingerprint density at radius 3 is 2.64 bits per heavy atom. The molecule has 0 radical (unpaired) electrons. The summed E-state index contributed by atoms with van der Waals surface area (Å²) in [6, 6.07) is 3.87. The fraction of sp³-hybridized carbons (Fsp3) is 0.412. The zero-order valence-electron chi connectivity index (χ0n) is 14.3. The van der Waals surface area contributed by atoms with Gasteiger partial charge in [0.25, 0.3) is 0 Å². The third kappa shape index (κ3) is 2.73. The summed E-state index contributed by atoms with van der Waals surface area (Å²) in [6.07, 6.45) is 7.59. The van der Waals surface area contributed by atoms with Crippen LogP contribution < -0.4 is 15.7 Å². The third-order valence-electron chi connectivity index (χ3n) is 4.77. The third-order valence-corrected chi connectivity index (χ3v) is 4.77. The van der Waals surface area contributed by atoms with Crippen molar-refractivity contribution >= 4 is 22.7 Å². The highest BCUT2D eigenvalue weighted by molar-refractivity contribution is 5.79. The highest BCUT2D eigenvalue weighted by atomic mass is 16.5. The van der Waals surface area contributed by atoms with E-state index in [0.717, 1.165) is 23.9 Å². The number of ether oxygens (including phenoxy) is 1. The minimum atomic E-state index is 0.0181. The number of aromatic nitrogens is 5. The number of hydrogen-bond acceptors (Lipinski definition) is 6. The summed E-state index contributed by atoms with van der Waals surface area (Å²) in [6.45, 7) is 0. The van der Waals surface area contributed by atoms with E-state index in [9.17, 15) is 4.79 Å². The van der Waals surface area contributed by atoms with E-state index in [1.165, 1.54) is 19.2 Å². The number of pyridine rings is 1. The second kappa shape index (κ2) is 6.19. The normalized spacial score (nSPS) is 15.0. The van der Waals surface area contributed by atoms with Crippen LogP contribution in [0.15, 0.2) is 29.5 Å². The number of fused-ring (bicyclic) bond motifs is 1. The molecular formula is C17H20N6O2. The Labute approximate surface area is 144 Å². The van der Waals surface area contributed by atoms with Crippen LogP contribution in [0.25, 0.3) is 11.0 Å². The Morgan fingerprint density at radius 1 is 1.12 bits per heavy atom. The van der Waals surface area contributed by atoms with Crippen LogP contribution in [-0.2, 0) is 7.05 Å². The molecule has 0 saturated heterocycles. The van der Waals surface area contributed by atoms with Crippen LogP contribution in [0.5, 0.6) is 5.88 Å². The van der Waals surface area contributed by atoms with Gasteiger partial charge in [0.1, 0.15) is 18.0 Å². The van der Waals surface area contributed by atoms with Gasteiger partial charge in [-0.15, -0.1) is 0 Å². The lowest BCUT2D eigenvalue weighted by Crippen LogP contribution is -2.24. The van der Waals surface area contributed by atoms with Crippen molar-refractivity contribution in [3.8, 4) is 5.88 Å². The minimum absolute atomic E-state index is 0.0181. The fourth-order valence-electron chi connectivity index (χ4n) is 3.49. The molecule has 0 unspecified atom stereocenters. The topological polar surface area (TPSA) is 86.9 Å². The highest BCUT2D eigenvalue weighted by Gasteiger charge is 2.23. The van der Waals surface area contributed by atoms with Crippen LogP contribution in [0.3, 0.4) is 0 Å². The van der Waals surface area contributed by atoms with Gasteiger partial charge >= 0.3 is 5.69 Å². The number of aryl methyl sites for hydroxylation is 1. The monoisotopic (exact) mass is 340 g/mol. The molecule has 1 saturated carbocycles. The van der Waals surface area contributed by atoms with Gasteiger partial charge in [0.05, 0.1) is 24.3 Å². The lowest BCUT2D eigenvalue weighted by atomic mass is 10.2. The number of methoxy groups -OCH3 is 1. The Hall–Kier alpha value is -2.90. The molecule has 8 nitrogen and oxygen atoms in total. The van der Waals surface area contributed by atoms with Crippen LogP contribution >= 0.6 is 0 Å². The first-order valence-corrected chi connectivity index (χ1v) is 8.37. The standard InChI is InChI=1S/C17H20N6O2/c1-22-13-9-18-14(21-15-8-16(25-2)20-10-19-15)7-12(13)23(17(22)24)11-5-3-4-6-11/h7-11H,3-6H2,1-2H3,(H,18,19,20,21). The maximum absolute atomic E-state index is 12.7. The molecule has 3 aromatic heterocycles. The Morgan fingerprint density at radius 2 is 1.88 bits per heavy atom. The molecule has 3 heterocycles. The van der Waals surface area contributed by atoms with Crippen molar-refractivity contribution in [3.63, 3.8) is 0 Å². The Bertz CT molecular complexity index is 971. The number of nitrogens with zero attached hydrogens (tertiary/aromatic N) is 5. The molecule has 0 atom stereocenters. The average molecular weight is 340 g/mol. The van der Waals surface area contributed by atoms with E-state index in [1.807, 2.05) is 10.6 Å². The van der Waals surface area contributed by atoms with E-state index in [-0.39, 0.29) is 11.7 Å². The average Bonchev–Trinajstić information content (AvgIpc) is 3.23. The summed E-state index contributed by atoms with van der Waals surface area (Å²) in [5.74, 6) is 1.69. The van der Waals surface area contributed by atoms with Crippen LogP contribution in [0.4, 0.5) is 11.6 Å². The number of anilines is 2. The summed E-state index contributed by atoms with van der Waals surface area (Å²) in [5.41, 5.74) is 1.75. The summed E-state index contributed by atoms with van der Waals surface area (Å²) in [7, 11) is 3.35. The van der Waals surface area contributed by atoms with Crippen LogP contribution in [0.1, 0.15) is 31.7 Å². The molecule has 3 aromatic rings. The van der Waals surface area contributed by atoms with E-state index in [2.05, 4.69) is 20.3 Å². The molecule has 1 N–H and O–H groups in total. The van der Waals surface area contributed by atoms with Crippen molar-refractivity contribution in [2.75, 3.05) is 12.4 Å². The molecule has 1 aliphatic carbocycles. The Kier molecular flexibility index (Phi) is 3.87. The number of imidazole rings is 1. The minimum Gasteiger partial charge on any atom is -0.481 e. The largest absolute Gasteiger partial charge is 0.481 e. The first kappa shape index (κ1) is 15.6. The van der Waals surface area contributed by atoms with Crippen LogP contribution in [-0.4, -0.2) is 31.2 Å². The lowest BCUT2D eigenvalue weighted by Gasteiger charge is -2.12. The van der Waals surface area contributed by atoms with Crippen molar-refractivity contribution in [1.82, 2.24) is 24.1 Å². The smallest absolute Gasteiger partial charge is 0.329 e. The zero-order valence-corrected chi connectivity index (χ0v) is 14.3. The predicted octanol–water partition coefficient (Wildman–Crippen LogP) is 2.39. The van der Waals surface area contributed by atoms with Crippen molar-refractivity contribution in [2.24, 2.45) is 7.05 Å². The molecule has 0 bridgehead atoms. The molecule has 4 rings (SSSR count). The summed E-state index contributed by atoms with van der Waals surface area (Å²) < 4.78 is 8.69. The van der Waals surface area contributed by atoms with Crippen LogP contribution in [0.2, 0.25) is 0 Å². The van der Waals surface area contributed by atoms with Gasteiger partial charge in [0.15, 0.2) is 0 Å². The number of hydrogen-bond donors (Lipinski definition) is 1. The van der Waals surface area contributed by atoms with Gasteiger partial charge < -0.3 is 10.1 Å². The SMILES string of the molecule is COc1cc(Nc2cc3c(cn2)n(C)c(=O)n3C2CCCC2)ncn1. The highest BCUT2D eigenvalue weighted by Crippen LogP contribution is 2.31. The zero-order chi connectivity index (χ0) is 17.4.